The predicted octanol–water partition coefficient (Wildman–Crippen LogP) is -0.711. The van der Waals surface area contributed by atoms with Gasteiger partial charge in [-0.15, -0.1) is 0 Å². The maximum Gasteiger partial charge on any atom is 0.287 e. The highest BCUT2D eigenvalue weighted by molar-refractivity contribution is 5.97. The van der Waals surface area contributed by atoms with Crippen LogP contribution >= 0.6 is 0 Å². The second kappa shape index (κ2) is 4.49. The van der Waals surface area contributed by atoms with Crippen LogP contribution < -0.4 is 10.6 Å². The van der Waals surface area contributed by atoms with E-state index in [4.69, 9.17) is 0 Å². The third-order valence-electron chi connectivity index (χ3n) is 0.678. The first-order valence-electron chi connectivity index (χ1n) is 2.49. The number of carbonyl (C=O) groups excluding carboxylic acids is 2. The molecule has 10 heavy (non-hydrogen) atoms. The van der Waals surface area contributed by atoms with Crippen LogP contribution in [0.1, 0.15) is 0 Å². The summed E-state index contributed by atoms with van der Waals surface area (Å²) in [7, 11) is 1.44. The predicted molar refractivity (Wildman–Crippen MR) is 32.5 cm³/mol. The van der Waals surface area contributed by atoms with Gasteiger partial charge < -0.3 is 5.32 Å². The topological polar surface area (TPSA) is 58.2 Å². The van der Waals surface area contributed by atoms with Crippen LogP contribution in [0.5, 0.6) is 0 Å². The minimum atomic E-state index is -1.05. The fraction of sp³-hybridized carbons (Fsp3) is 0.200. The molecular formula is C5H7FN2O2. The van der Waals surface area contributed by atoms with Crippen molar-refractivity contribution in [2.24, 2.45) is 0 Å². The zero-order valence-corrected chi connectivity index (χ0v) is 5.35. The molecule has 5 heteroatoms. The van der Waals surface area contributed by atoms with E-state index in [9.17, 15) is 14.0 Å². The van der Waals surface area contributed by atoms with Crippen LogP contribution in [0.25, 0.3) is 0 Å². The number of hydrogen-bond donors (Lipinski definition) is 2. The van der Waals surface area contributed by atoms with Crippen molar-refractivity contribution in [2.75, 3.05) is 7.05 Å². The molecule has 0 rings (SSSR count). The normalized spacial score (nSPS) is 10.4. The molecule has 0 aromatic rings. The molecule has 56 valence electrons. The van der Waals surface area contributed by atoms with Crippen LogP contribution in [-0.2, 0) is 9.59 Å². The fourth-order valence-electron chi connectivity index (χ4n) is 0.315. The molecule has 0 aliphatic rings. The van der Waals surface area contributed by atoms with Crippen LogP contribution in [-0.4, -0.2) is 19.4 Å². The van der Waals surface area contributed by atoms with Crippen molar-refractivity contribution in [3.05, 3.63) is 12.0 Å². The number of imide groups is 1. The van der Waals surface area contributed by atoms with Crippen LogP contribution in [0.4, 0.5) is 4.39 Å². The Kier molecular flexibility index (Phi) is 3.86. The molecule has 0 aromatic heterocycles. The van der Waals surface area contributed by atoms with Crippen molar-refractivity contribution < 1.29 is 14.0 Å². The molecule has 0 radical (unpaired) electrons. The van der Waals surface area contributed by atoms with E-state index in [1.165, 1.54) is 7.05 Å². The Labute approximate surface area is 57.1 Å². The molecule has 0 aliphatic heterocycles. The van der Waals surface area contributed by atoms with Gasteiger partial charge in [-0.2, -0.15) is 4.39 Å². The number of halogens is 1. The first-order valence-corrected chi connectivity index (χ1v) is 2.49. The van der Waals surface area contributed by atoms with E-state index in [1.807, 2.05) is 0 Å². The van der Waals surface area contributed by atoms with Gasteiger partial charge in [0.25, 0.3) is 5.91 Å². The number of amides is 2. The van der Waals surface area contributed by atoms with Crippen molar-refractivity contribution >= 4 is 12.3 Å². The SMILES string of the molecule is CN/C=C(/F)C(=O)NC=O. The molecule has 0 aromatic carbocycles. The Balaban J connectivity index is 3.93. The van der Waals surface area contributed by atoms with E-state index in [0.717, 1.165) is 6.20 Å². The second-order valence-electron chi connectivity index (χ2n) is 1.37. The molecule has 2 N–H and O–H groups in total. The van der Waals surface area contributed by atoms with Gasteiger partial charge in [-0.05, 0) is 0 Å². The zero-order valence-electron chi connectivity index (χ0n) is 5.35. The molecule has 4 nitrogen and oxygen atoms in total. The van der Waals surface area contributed by atoms with Crippen molar-refractivity contribution in [3.8, 4) is 0 Å². The summed E-state index contributed by atoms with van der Waals surface area (Å²) in [5.41, 5.74) is 0. The Morgan fingerprint density at radius 3 is 2.60 bits per heavy atom. The zero-order chi connectivity index (χ0) is 7.98. The number of hydrogen-bond acceptors (Lipinski definition) is 3. The summed E-state index contributed by atoms with van der Waals surface area (Å²) in [6.07, 6.45) is 0.963. The van der Waals surface area contributed by atoms with Crippen molar-refractivity contribution in [1.29, 1.82) is 0 Å². The lowest BCUT2D eigenvalue weighted by molar-refractivity contribution is -0.123. The van der Waals surface area contributed by atoms with Gasteiger partial charge in [0.2, 0.25) is 12.2 Å². The Bertz CT molecular complexity index is 167. The van der Waals surface area contributed by atoms with E-state index in [0.29, 0.717) is 0 Å². The second-order valence-corrected chi connectivity index (χ2v) is 1.37. The van der Waals surface area contributed by atoms with Gasteiger partial charge in [0.15, 0.2) is 0 Å². The lowest BCUT2D eigenvalue weighted by Crippen LogP contribution is -2.22. The average molecular weight is 146 g/mol. The van der Waals surface area contributed by atoms with Gasteiger partial charge in [-0.3, -0.25) is 14.9 Å². The summed E-state index contributed by atoms with van der Waals surface area (Å²) in [6.45, 7) is 0. The van der Waals surface area contributed by atoms with Gasteiger partial charge in [-0.25, -0.2) is 0 Å². The van der Waals surface area contributed by atoms with E-state index in [2.05, 4.69) is 5.32 Å². The lowest BCUT2D eigenvalue weighted by Gasteiger charge is -1.92. The summed E-state index contributed by atoms with van der Waals surface area (Å²) >= 11 is 0. The summed E-state index contributed by atoms with van der Waals surface area (Å²) in [5, 5.41) is 3.92. The highest BCUT2D eigenvalue weighted by Crippen LogP contribution is 1.91. The highest BCUT2D eigenvalue weighted by Gasteiger charge is 2.04. The largest absolute Gasteiger partial charge is 0.391 e. The fourth-order valence-corrected chi connectivity index (χ4v) is 0.315. The van der Waals surface area contributed by atoms with Crippen molar-refractivity contribution in [3.63, 3.8) is 0 Å². The molecule has 0 aliphatic carbocycles. The maximum absolute atomic E-state index is 12.2. The number of rotatable bonds is 3. The average Bonchev–Trinajstić information content (AvgIpc) is 1.89. The molecule has 0 saturated heterocycles. The summed E-state index contributed by atoms with van der Waals surface area (Å²) < 4.78 is 12.2. The molecule has 0 atom stereocenters. The first kappa shape index (κ1) is 8.61. The van der Waals surface area contributed by atoms with E-state index < -0.39 is 11.7 Å². The van der Waals surface area contributed by atoms with Gasteiger partial charge in [-0.1, -0.05) is 0 Å². The highest BCUT2D eigenvalue weighted by atomic mass is 19.1. The Hall–Kier alpha value is -1.39. The molecule has 0 fully saturated rings. The quantitative estimate of drug-likeness (QED) is 0.408. The molecule has 0 bridgehead atoms. The van der Waals surface area contributed by atoms with Gasteiger partial charge in [0, 0.05) is 13.2 Å². The van der Waals surface area contributed by atoms with E-state index in [1.54, 1.807) is 5.32 Å². The van der Waals surface area contributed by atoms with Crippen molar-refractivity contribution in [1.82, 2.24) is 10.6 Å². The van der Waals surface area contributed by atoms with Crippen LogP contribution in [0, 0.1) is 0 Å². The molecule has 2 amide bonds. The summed E-state index contributed by atoms with van der Waals surface area (Å²) in [6, 6.07) is 0. The molecule has 0 heterocycles. The number of carbonyl (C=O) groups is 2. The summed E-state index contributed by atoms with van der Waals surface area (Å²) in [4.78, 5) is 19.9. The monoisotopic (exact) mass is 146 g/mol. The third kappa shape index (κ3) is 2.81. The van der Waals surface area contributed by atoms with Gasteiger partial charge in [0.05, 0.1) is 0 Å². The lowest BCUT2D eigenvalue weighted by atomic mass is 10.5. The summed E-state index contributed by atoms with van der Waals surface area (Å²) in [5.74, 6) is -2.08. The number of nitrogens with one attached hydrogen (secondary N) is 2. The van der Waals surface area contributed by atoms with Gasteiger partial charge in [0.1, 0.15) is 0 Å². The maximum atomic E-state index is 12.2. The first-order chi connectivity index (χ1) is 4.72. The van der Waals surface area contributed by atoms with Crippen LogP contribution in [0.3, 0.4) is 0 Å². The molecular weight excluding hydrogens is 139 g/mol. The van der Waals surface area contributed by atoms with Crippen LogP contribution in [0.15, 0.2) is 12.0 Å². The van der Waals surface area contributed by atoms with E-state index in [-0.39, 0.29) is 6.41 Å². The van der Waals surface area contributed by atoms with Gasteiger partial charge >= 0.3 is 0 Å². The minimum Gasteiger partial charge on any atom is -0.391 e. The smallest absolute Gasteiger partial charge is 0.287 e. The van der Waals surface area contributed by atoms with E-state index >= 15 is 0 Å². The van der Waals surface area contributed by atoms with Crippen molar-refractivity contribution in [2.45, 2.75) is 0 Å². The molecule has 0 saturated carbocycles. The van der Waals surface area contributed by atoms with Crippen LogP contribution in [0.2, 0.25) is 0 Å². The Morgan fingerprint density at radius 1 is 1.60 bits per heavy atom. The molecule has 0 unspecified atom stereocenters. The standard InChI is InChI=1S/C5H7FN2O2/c1-7-2-4(6)5(10)8-3-9/h2-3,7H,1H3,(H,8,9,10)/b4-2+. The minimum absolute atomic E-state index is 0.116. The molecule has 0 spiro atoms. The Morgan fingerprint density at radius 2 is 2.20 bits per heavy atom. The third-order valence-corrected chi connectivity index (χ3v) is 0.678.